The van der Waals surface area contributed by atoms with Gasteiger partial charge in [-0.15, -0.1) is 0 Å². The van der Waals surface area contributed by atoms with Crippen LogP contribution in [0.4, 0.5) is 14.5 Å². The maximum atomic E-state index is 13.4. The second-order valence-electron chi connectivity index (χ2n) is 6.19. The average molecular weight is 328 g/mol. The highest BCUT2D eigenvalue weighted by atomic mass is 19.1. The third-order valence-corrected chi connectivity index (χ3v) is 3.28. The standard InChI is InChI=1S/C16H22F2N2O3/c1-10(2)6-7-16(3,23)9-19-14(21)15(22)20-13-5-4-11(17)8-12(13)18/h4-5,8,10,23H,6-7,9H2,1-3H3,(H,19,21)(H,20,22)/t16-/m1/s1. The number of halogens is 2. The van der Waals surface area contributed by atoms with E-state index in [1.54, 1.807) is 6.92 Å². The minimum absolute atomic E-state index is 0.0993. The smallest absolute Gasteiger partial charge is 0.313 e. The first-order valence-corrected chi connectivity index (χ1v) is 7.37. The molecule has 1 aromatic carbocycles. The van der Waals surface area contributed by atoms with E-state index in [1.165, 1.54) is 0 Å². The van der Waals surface area contributed by atoms with Gasteiger partial charge in [0.05, 0.1) is 11.3 Å². The summed E-state index contributed by atoms with van der Waals surface area (Å²) in [6.45, 7) is 5.49. The van der Waals surface area contributed by atoms with E-state index in [-0.39, 0.29) is 12.2 Å². The van der Waals surface area contributed by atoms with Crippen LogP contribution in [0.3, 0.4) is 0 Å². The van der Waals surface area contributed by atoms with Crippen LogP contribution in [-0.2, 0) is 9.59 Å². The number of aliphatic hydroxyl groups is 1. The van der Waals surface area contributed by atoms with Gasteiger partial charge in [0, 0.05) is 12.6 Å². The van der Waals surface area contributed by atoms with Crippen LogP contribution >= 0.6 is 0 Å². The molecular formula is C16H22F2N2O3. The molecule has 0 aliphatic rings. The highest BCUT2D eigenvalue weighted by molar-refractivity contribution is 6.39. The Kier molecular flexibility index (Phi) is 6.62. The topological polar surface area (TPSA) is 78.4 Å². The molecule has 23 heavy (non-hydrogen) atoms. The van der Waals surface area contributed by atoms with Crippen molar-refractivity contribution in [3.8, 4) is 0 Å². The third-order valence-electron chi connectivity index (χ3n) is 3.28. The quantitative estimate of drug-likeness (QED) is 0.701. The van der Waals surface area contributed by atoms with E-state index in [0.717, 1.165) is 18.6 Å². The molecule has 0 radical (unpaired) electrons. The molecule has 0 fully saturated rings. The van der Waals surface area contributed by atoms with Gasteiger partial charge < -0.3 is 15.7 Å². The highest BCUT2D eigenvalue weighted by Gasteiger charge is 2.23. The molecule has 0 unspecified atom stereocenters. The van der Waals surface area contributed by atoms with Crippen molar-refractivity contribution in [2.24, 2.45) is 5.92 Å². The second-order valence-corrected chi connectivity index (χ2v) is 6.19. The molecule has 5 nitrogen and oxygen atoms in total. The van der Waals surface area contributed by atoms with Gasteiger partial charge in [-0.25, -0.2) is 8.78 Å². The molecular weight excluding hydrogens is 306 g/mol. The second kappa shape index (κ2) is 8.01. The van der Waals surface area contributed by atoms with Crippen LogP contribution in [0.25, 0.3) is 0 Å². The Labute approximate surface area is 134 Å². The fourth-order valence-electron chi connectivity index (χ4n) is 1.81. The molecule has 0 saturated heterocycles. The SMILES string of the molecule is CC(C)CC[C@@](C)(O)CNC(=O)C(=O)Nc1ccc(F)cc1F. The van der Waals surface area contributed by atoms with Gasteiger partial charge in [0.25, 0.3) is 0 Å². The van der Waals surface area contributed by atoms with Crippen LogP contribution in [0.2, 0.25) is 0 Å². The van der Waals surface area contributed by atoms with Crippen molar-refractivity contribution in [2.75, 3.05) is 11.9 Å². The van der Waals surface area contributed by atoms with E-state index in [1.807, 2.05) is 19.2 Å². The first-order chi connectivity index (χ1) is 10.6. The molecule has 3 N–H and O–H groups in total. The Morgan fingerprint density at radius 1 is 1.26 bits per heavy atom. The van der Waals surface area contributed by atoms with E-state index in [2.05, 4.69) is 5.32 Å². The Hall–Kier alpha value is -2.02. The lowest BCUT2D eigenvalue weighted by molar-refractivity contribution is -0.136. The van der Waals surface area contributed by atoms with E-state index < -0.39 is 29.0 Å². The molecule has 0 spiro atoms. The zero-order valence-electron chi connectivity index (χ0n) is 13.5. The number of nitrogens with one attached hydrogen (secondary N) is 2. The van der Waals surface area contributed by atoms with E-state index in [0.29, 0.717) is 18.4 Å². The van der Waals surface area contributed by atoms with Crippen molar-refractivity contribution >= 4 is 17.5 Å². The summed E-state index contributed by atoms with van der Waals surface area (Å²) in [5.74, 6) is -3.45. The zero-order valence-corrected chi connectivity index (χ0v) is 13.5. The summed E-state index contributed by atoms with van der Waals surface area (Å²) >= 11 is 0. The molecule has 0 saturated carbocycles. The van der Waals surface area contributed by atoms with Crippen LogP contribution in [0, 0.1) is 17.6 Å². The van der Waals surface area contributed by atoms with Crippen molar-refractivity contribution < 1.29 is 23.5 Å². The van der Waals surface area contributed by atoms with Crippen molar-refractivity contribution in [3.05, 3.63) is 29.8 Å². The first kappa shape index (κ1) is 19.0. The number of amides is 2. The summed E-state index contributed by atoms with van der Waals surface area (Å²) in [6.07, 6.45) is 1.25. The fraction of sp³-hybridized carbons (Fsp3) is 0.500. The van der Waals surface area contributed by atoms with Crippen molar-refractivity contribution in [1.29, 1.82) is 0 Å². The lowest BCUT2D eigenvalue weighted by Gasteiger charge is -2.24. The van der Waals surface area contributed by atoms with Gasteiger partial charge in [-0.2, -0.15) is 0 Å². The van der Waals surface area contributed by atoms with Crippen LogP contribution < -0.4 is 10.6 Å². The number of hydrogen-bond acceptors (Lipinski definition) is 3. The van der Waals surface area contributed by atoms with Crippen molar-refractivity contribution in [3.63, 3.8) is 0 Å². The summed E-state index contributed by atoms with van der Waals surface area (Å²) in [7, 11) is 0. The molecule has 0 heterocycles. The van der Waals surface area contributed by atoms with Crippen LogP contribution in [0.15, 0.2) is 18.2 Å². The first-order valence-electron chi connectivity index (χ1n) is 7.37. The van der Waals surface area contributed by atoms with Gasteiger partial charge in [-0.1, -0.05) is 13.8 Å². The normalized spacial score (nSPS) is 13.5. The minimum Gasteiger partial charge on any atom is -0.388 e. The molecule has 1 rings (SSSR count). The molecule has 0 aromatic heterocycles. The average Bonchev–Trinajstić information content (AvgIpc) is 2.45. The van der Waals surface area contributed by atoms with Crippen molar-refractivity contribution in [2.45, 2.75) is 39.2 Å². The minimum atomic E-state index is -1.14. The number of benzene rings is 1. The van der Waals surface area contributed by atoms with Crippen LogP contribution in [0.1, 0.15) is 33.6 Å². The molecule has 7 heteroatoms. The number of anilines is 1. The Balaban J connectivity index is 2.52. The van der Waals surface area contributed by atoms with Crippen LogP contribution in [0.5, 0.6) is 0 Å². The lowest BCUT2D eigenvalue weighted by atomic mass is 9.95. The fourth-order valence-corrected chi connectivity index (χ4v) is 1.81. The number of hydrogen-bond donors (Lipinski definition) is 3. The van der Waals surface area contributed by atoms with Gasteiger partial charge in [-0.05, 0) is 37.8 Å². The predicted octanol–water partition coefficient (Wildman–Crippen LogP) is 2.21. The zero-order chi connectivity index (χ0) is 17.6. The highest BCUT2D eigenvalue weighted by Crippen LogP contribution is 2.16. The van der Waals surface area contributed by atoms with Crippen LogP contribution in [-0.4, -0.2) is 29.1 Å². The third kappa shape index (κ3) is 6.73. The summed E-state index contributed by atoms with van der Waals surface area (Å²) in [4.78, 5) is 23.3. The monoisotopic (exact) mass is 328 g/mol. The van der Waals surface area contributed by atoms with E-state index >= 15 is 0 Å². The van der Waals surface area contributed by atoms with Gasteiger partial charge in [0.2, 0.25) is 0 Å². The molecule has 128 valence electrons. The Morgan fingerprint density at radius 2 is 1.91 bits per heavy atom. The Morgan fingerprint density at radius 3 is 2.48 bits per heavy atom. The van der Waals surface area contributed by atoms with Gasteiger partial charge in [-0.3, -0.25) is 9.59 Å². The largest absolute Gasteiger partial charge is 0.388 e. The summed E-state index contributed by atoms with van der Waals surface area (Å²) in [5.41, 5.74) is -1.43. The van der Waals surface area contributed by atoms with E-state index in [4.69, 9.17) is 0 Å². The van der Waals surface area contributed by atoms with Gasteiger partial charge in [0.15, 0.2) is 0 Å². The maximum absolute atomic E-state index is 13.4. The summed E-state index contributed by atoms with van der Waals surface area (Å²) < 4.78 is 26.2. The summed E-state index contributed by atoms with van der Waals surface area (Å²) in [5, 5.41) is 14.5. The van der Waals surface area contributed by atoms with Crippen molar-refractivity contribution in [1.82, 2.24) is 5.32 Å². The van der Waals surface area contributed by atoms with E-state index in [9.17, 15) is 23.5 Å². The molecule has 2 amide bonds. The van der Waals surface area contributed by atoms with Gasteiger partial charge in [0.1, 0.15) is 11.6 Å². The maximum Gasteiger partial charge on any atom is 0.313 e. The summed E-state index contributed by atoms with van der Waals surface area (Å²) in [6, 6.07) is 2.59. The molecule has 0 aliphatic heterocycles. The Bertz CT molecular complexity index is 574. The predicted molar refractivity (Wildman–Crippen MR) is 82.7 cm³/mol. The number of carbonyl (C=O) groups excluding carboxylic acids is 2. The number of rotatable bonds is 6. The van der Waals surface area contributed by atoms with Gasteiger partial charge >= 0.3 is 11.8 Å². The lowest BCUT2D eigenvalue weighted by Crippen LogP contribution is -2.44. The molecule has 1 aromatic rings. The molecule has 0 aliphatic carbocycles. The number of carbonyl (C=O) groups is 2. The molecule has 0 bridgehead atoms. The molecule has 1 atom stereocenters.